The topological polar surface area (TPSA) is 69.4 Å². The number of fused-ring (bicyclic) bond motifs is 1. The summed E-state index contributed by atoms with van der Waals surface area (Å²) in [5, 5.41) is 4.05. The second-order valence-electron chi connectivity index (χ2n) is 3.58. The van der Waals surface area contributed by atoms with Crippen LogP contribution in [0.25, 0.3) is 5.78 Å². The van der Waals surface area contributed by atoms with Crippen LogP contribution in [0.4, 0.5) is 0 Å². The fraction of sp³-hybridized carbons (Fsp3) is 0.455. The highest BCUT2D eigenvalue weighted by molar-refractivity contribution is 5.90. The Labute approximate surface area is 98.6 Å². The lowest BCUT2D eigenvalue weighted by Crippen LogP contribution is -2.13. The molecule has 0 bridgehead atoms. The van der Waals surface area contributed by atoms with Gasteiger partial charge in [0.15, 0.2) is 0 Å². The molecule has 0 aliphatic rings. The highest BCUT2D eigenvalue weighted by Crippen LogP contribution is 2.11. The molecular weight excluding hydrogens is 220 g/mol. The summed E-state index contributed by atoms with van der Waals surface area (Å²) < 4.78 is 6.68. The third kappa shape index (κ3) is 2.11. The number of esters is 1. The van der Waals surface area contributed by atoms with E-state index in [-0.39, 0.29) is 5.97 Å². The summed E-state index contributed by atoms with van der Waals surface area (Å²) in [4.78, 5) is 19.9. The molecule has 2 aromatic heterocycles. The Morgan fingerprint density at radius 1 is 1.41 bits per heavy atom. The van der Waals surface area contributed by atoms with Gasteiger partial charge in [0.2, 0.25) is 0 Å². The molecule has 2 heterocycles. The maximum atomic E-state index is 11.8. The number of ether oxygens (including phenoxy) is 1. The molecule has 6 nitrogen and oxygen atoms in total. The molecule has 0 aliphatic heterocycles. The van der Waals surface area contributed by atoms with Crippen molar-refractivity contribution < 1.29 is 9.53 Å². The van der Waals surface area contributed by atoms with E-state index in [1.165, 1.54) is 12.5 Å². The Hall–Kier alpha value is -1.98. The molecule has 0 unspecified atom stereocenters. The molecule has 90 valence electrons. The van der Waals surface area contributed by atoms with Crippen molar-refractivity contribution in [3.8, 4) is 0 Å². The number of aromatic nitrogens is 4. The number of hydrogen-bond donors (Lipinski definition) is 0. The summed E-state index contributed by atoms with van der Waals surface area (Å²) in [5.74, 6) is 0.141. The van der Waals surface area contributed by atoms with Crippen molar-refractivity contribution >= 4 is 11.7 Å². The second kappa shape index (κ2) is 4.90. The van der Waals surface area contributed by atoms with Crippen LogP contribution in [0.5, 0.6) is 0 Å². The minimum atomic E-state index is -0.353. The molecule has 2 rings (SSSR count). The minimum absolute atomic E-state index is 0.353. The van der Waals surface area contributed by atoms with Crippen molar-refractivity contribution in [1.82, 2.24) is 19.6 Å². The molecule has 0 spiro atoms. The summed E-state index contributed by atoms with van der Waals surface area (Å²) in [6, 6.07) is 0. The fourth-order valence-corrected chi connectivity index (χ4v) is 1.61. The van der Waals surface area contributed by atoms with Crippen LogP contribution in [0.1, 0.15) is 36.3 Å². The Bertz CT molecular complexity index is 535. The zero-order valence-electron chi connectivity index (χ0n) is 9.88. The van der Waals surface area contributed by atoms with Gasteiger partial charge in [-0.1, -0.05) is 13.8 Å². The molecular formula is C11H14N4O2. The van der Waals surface area contributed by atoms with Gasteiger partial charge in [-0.25, -0.2) is 14.3 Å². The molecule has 0 aromatic carbocycles. The van der Waals surface area contributed by atoms with Gasteiger partial charge in [-0.3, -0.25) is 0 Å². The van der Waals surface area contributed by atoms with Gasteiger partial charge in [0, 0.05) is 6.20 Å². The number of carbonyl (C=O) groups excluding carboxylic acids is 1. The van der Waals surface area contributed by atoms with E-state index in [0.717, 1.165) is 12.1 Å². The van der Waals surface area contributed by atoms with Crippen molar-refractivity contribution in [1.29, 1.82) is 0 Å². The van der Waals surface area contributed by atoms with Crippen LogP contribution in [0, 0.1) is 0 Å². The summed E-state index contributed by atoms with van der Waals surface area (Å²) in [7, 11) is 0. The van der Waals surface area contributed by atoms with Crippen LogP contribution in [0.3, 0.4) is 0 Å². The van der Waals surface area contributed by atoms with E-state index in [9.17, 15) is 4.79 Å². The van der Waals surface area contributed by atoms with E-state index in [2.05, 4.69) is 15.1 Å². The quantitative estimate of drug-likeness (QED) is 0.745. The smallest absolute Gasteiger partial charge is 0.341 e. The first-order chi connectivity index (χ1) is 8.27. The summed E-state index contributed by atoms with van der Waals surface area (Å²) in [5.41, 5.74) is 1.23. The lowest BCUT2D eigenvalue weighted by Gasteiger charge is -2.08. The molecule has 2 aromatic rings. The van der Waals surface area contributed by atoms with Gasteiger partial charge >= 0.3 is 5.97 Å². The van der Waals surface area contributed by atoms with Gasteiger partial charge < -0.3 is 4.74 Å². The largest absolute Gasteiger partial charge is 0.462 e. The average molecular weight is 234 g/mol. The molecule has 0 N–H and O–H groups in total. The van der Waals surface area contributed by atoms with Crippen LogP contribution in [0.15, 0.2) is 12.5 Å². The van der Waals surface area contributed by atoms with Crippen molar-refractivity contribution in [3.63, 3.8) is 0 Å². The van der Waals surface area contributed by atoms with E-state index >= 15 is 0 Å². The van der Waals surface area contributed by atoms with Gasteiger partial charge in [0.1, 0.15) is 6.33 Å². The van der Waals surface area contributed by atoms with Crippen molar-refractivity contribution in [3.05, 3.63) is 23.8 Å². The Morgan fingerprint density at radius 3 is 2.94 bits per heavy atom. The SMILES string of the molecule is CCCOC(=O)c1cnc2ncnn2c1CC. The zero-order valence-corrected chi connectivity index (χ0v) is 9.88. The zero-order chi connectivity index (χ0) is 12.3. The lowest BCUT2D eigenvalue weighted by atomic mass is 10.2. The normalized spacial score (nSPS) is 10.7. The van der Waals surface area contributed by atoms with Crippen LogP contribution >= 0.6 is 0 Å². The number of carbonyl (C=O) groups is 1. The fourth-order valence-electron chi connectivity index (χ4n) is 1.61. The van der Waals surface area contributed by atoms with E-state index in [0.29, 0.717) is 24.4 Å². The third-order valence-electron chi connectivity index (χ3n) is 2.40. The molecule has 0 radical (unpaired) electrons. The van der Waals surface area contributed by atoms with Crippen LogP contribution in [-0.4, -0.2) is 32.2 Å². The van der Waals surface area contributed by atoms with Crippen molar-refractivity contribution in [2.45, 2.75) is 26.7 Å². The maximum absolute atomic E-state index is 11.8. The standard InChI is InChI=1S/C11H14N4O2/c1-3-5-17-10(16)8-6-12-11-13-7-14-15(11)9(8)4-2/h6-7H,3-5H2,1-2H3. The lowest BCUT2D eigenvalue weighted by molar-refractivity contribution is 0.0502. The van der Waals surface area contributed by atoms with E-state index in [1.807, 2.05) is 13.8 Å². The average Bonchev–Trinajstić information content (AvgIpc) is 2.82. The van der Waals surface area contributed by atoms with Crippen molar-refractivity contribution in [2.24, 2.45) is 0 Å². The van der Waals surface area contributed by atoms with E-state index in [1.54, 1.807) is 4.52 Å². The maximum Gasteiger partial charge on any atom is 0.341 e. The van der Waals surface area contributed by atoms with Gasteiger partial charge in [0.25, 0.3) is 5.78 Å². The predicted octanol–water partition coefficient (Wildman–Crippen LogP) is 1.25. The highest BCUT2D eigenvalue weighted by Gasteiger charge is 2.16. The van der Waals surface area contributed by atoms with Crippen molar-refractivity contribution in [2.75, 3.05) is 6.61 Å². The first-order valence-corrected chi connectivity index (χ1v) is 5.62. The van der Waals surface area contributed by atoms with Crippen LogP contribution < -0.4 is 0 Å². The monoisotopic (exact) mass is 234 g/mol. The number of aryl methyl sites for hydroxylation is 1. The third-order valence-corrected chi connectivity index (χ3v) is 2.40. The molecule has 6 heteroatoms. The van der Waals surface area contributed by atoms with Gasteiger partial charge in [-0.2, -0.15) is 10.1 Å². The molecule has 0 atom stereocenters. The van der Waals surface area contributed by atoms with Gasteiger partial charge in [-0.15, -0.1) is 0 Å². The summed E-state index contributed by atoms with van der Waals surface area (Å²) in [6.07, 6.45) is 4.38. The Kier molecular flexibility index (Phi) is 3.32. The second-order valence-corrected chi connectivity index (χ2v) is 3.58. The first kappa shape index (κ1) is 11.5. The molecule has 0 aliphatic carbocycles. The molecule has 0 amide bonds. The molecule has 0 fully saturated rings. The highest BCUT2D eigenvalue weighted by atomic mass is 16.5. The predicted molar refractivity (Wildman–Crippen MR) is 60.7 cm³/mol. The van der Waals surface area contributed by atoms with Crippen LogP contribution in [-0.2, 0) is 11.2 Å². The van der Waals surface area contributed by atoms with Gasteiger partial charge in [0.05, 0.1) is 17.9 Å². The Balaban J connectivity index is 2.42. The van der Waals surface area contributed by atoms with E-state index in [4.69, 9.17) is 4.74 Å². The van der Waals surface area contributed by atoms with Gasteiger partial charge in [-0.05, 0) is 12.8 Å². The van der Waals surface area contributed by atoms with Crippen LogP contribution in [0.2, 0.25) is 0 Å². The summed E-state index contributed by atoms with van der Waals surface area (Å²) >= 11 is 0. The molecule has 17 heavy (non-hydrogen) atoms. The number of hydrogen-bond acceptors (Lipinski definition) is 5. The number of rotatable bonds is 4. The summed E-state index contributed by atoms with van der Waals surface area (Å²) in [6.45, 7) is 4.32. The Morgan fingerprint density at radius 2 is 2.24 bits per heavy atom. The number of nitrogens with zero attached hydrogens (tertiary/aromatic N) is 4. The molecule has 0 saturated heterocycles. The first-order valence-electron chi connectivity index (χ1n) is 5.62. The minimum Gasteiger partial charge on any atom is -0.462 e. The van der Waals surface area contributed by atoms with E-state index < -0.39 is 0 Å². The molecule has 0 saturated carbocycles.